The number of sulfonamides is 1. The first-order valence-electron chi connectivity index (χ1n) is 7.54. The van der Waals surface area contributed by atoms with Gasteiger partial charge in [-0.1, -0.05) is 6.07 Å². The van der Waals surface area contributed by atoms with Gasteiger partial charge in [0, 0.05) is 18.7 Å². The van der Waals surface area contributed by atoms with Crippen molar-refractivity contribution in [3.8, 4) is 5.75 Å². The summed E-state index contributed by atoms with van der Waals surface area (Å²) in [7, 11) is -1.98. The minimum absolute atomic E-state index is 0.0161. The number of anilines is 1. The highest BCUT2D eigenvalue weighted by molar-refractivity contribution is 7.92. The highest BCUT2D eigenvalue weighted by Gasteiger charge is 2.17. The predicted octanol–water partition coefficient (Wildman–Crippen LogP) is 2.56. The van der Waals surface area contributed by atoms with Gasteiger partial charge in [0.15, 0.2) is 18.1 Å². The molecule has 8 nitrogen and oxygen atoms in total. The average molecular weight is 378 g/mol. The number of ketones is 1. The van der Waals surface area contributed by atoms with Crippen molar-refractivity contribution >= 4 is 27.2 Å². The molecule has 0 saturated heterocycles. The van der Waals surface area contributed by atoms with Gasteiger partial charge in [0.2, 0.25) is 10.0 Å². The molecule has 0 aliphatic rings. The molecule has 0 bridgehead atoms. The monoisotopic (exact) mass is 378 g/mol. The van der Waals surface area contributed by atoms with Crippen LogP contribution in [-0.4, -0.2) is 39.0 Å². The van der Waals surface area contributed by atoms with E-state index in [1.807, 2.05) is 0 Å². The maximum atomic E-state index is 12.2. The molecule has 0 saturated carbocycles. The van der Waals surface area contributed by atoms with Crippen LogP contribution < -0.4 is 9.04 Å². The largest absolute Gasteiger partial charge is 0.478 e. The van der Waals surface area contributed by atoms with Gasteiger partial charge in [-0.25, -0.2) is 8.42 Å². The lowest BCUT2D eigenvalue weighted by atomic mass is 10.1. The van der Waals surface area contributed by atoms with E-state index in [-0.39, 0.29) is 23.8 Å². The zero-order chi connectivity index (χ0) is 19.5. The molecule has 0 atom stereocenters. The first-order valence-corrected chi connectivity index (χ1v) is 9.39. The highest BCUT2D eigenvalue weighted by atomic mass is 32.2. The molecule has 0 aromatic heterocycles. The minimum atomic E-state index is -3.39. The lowest BCUT2D eigenvalue weighted by Gasteiger charge is -2.16. The minimum Gasteiger partial charge on any atom is -0.478 e. The second-order valence-corrected chi connectivity index (χ2v) is 7.73. The Balaban J connectivity index is 2.11. The number of nitro benzene ring substituents is 1. The number of carbonyl (C=O) groups is 1. The third-order valence-electron chi connectivity index (χ3n) is 3.72. The third kappa shape index (κ3) is 4.57. The quantitative estimate of drug-likeness (QED) is 0.416. The van der Waals surface area contributed by atoms with E-state index in [0.717, 1.165) is 10.6 Å². The van der Waals surface area contributed by atoms with Gasteiger partial charge in [-0.2, -0.15) is 0 Å². The third-order valence-corrected chi connectivity index (χ3v) is 4.93. The Hall–Kier alpha value is -2.94. The second kappa shape index (κ2) is 7.52. The van der Waals surface area contributed by atoms with E-state index in [4.69, 9.17) is 4.74 Å². The Bertz CT molecular complexity index is 938. The van der Waals surface area contributed by atoms with Gasteiger partial charge in [0.1, 0.15) is 0 Å². The number of rotatable bonds is 7. The number of carbonyl (C=O) groups excluding carboxylic acids is 1. The molecule has 0 amide bonds. The van der Waals surface area contributed by atoms with E-state index in [1.54, 1.807) is 13.0 Å². The second-order valence-electron chi connectivity index (χ2n) is 5.72. The van der Waals surface area contributed by atoms with E-state index in [9.17, 15) is 23.3 Å². The molecular weight excluding hydrogens is 360 g/mol. The van der Waals surface area contributed by atoms with Gasteiger partial charge >= 0.3 is 5.69 Å². The summed E-state index contributed by atoms with van der Waals surface area (Å²) >= 11 is 0. The van der Waals surface area contributed by atoms with Gasteiger partial charge in [-0.3, -0.25) is 19.2 Å². The number of nitro groups is 1. The molecule has 2 rings (SSSR count). The van der Waals surface area contributed by atoms with Crippen molar-refractivity contribution in [2.24, 2.45) is 0 Å². The van der Waals surface area contributed by atoms with Crippen LogP contribution in [0.5, 0.6) is 5.75 Å². The number of benzene rings is 2. The highest BCUT2D eigenvalue weighted by Crippen LogP contribution is 2.28. The lowest BCUT2D eigenvalue weighted by Crippen LogP contribution is -2.24. The summed E-state index contributed by atoms with van der Waals surface area (Å²) in [5, 5.41) is 11.1. The Kier molecular flexibility index (Phi) is 5.61. The summed E-state index contributed by atoms with van der Waals surface area (Å²) in [6.45, 7) is 1.35. The molecule has 0 N–H and O–H groups in total. The Morgan fingerprint density at radius 3 is 2.35 bits per heavy atom. The smallest absolute Gasteiger partial charge is 0.311 e. The molecule has 2 aromatic carbocycles. The topological polar surface area (TPSA) is 107 Å². The summed E-state index contributed by atoms with van der Waals surface area (Å²) in [6.07, 6.45) is 1.08. The first-order chi connectivity index (χ1) is 12.1. The molecule has 9 heteroatoms. The Morgan fingerprint density at radius 2 is 1.81 bits per heavy atom. The van der Waals surface area contributed by atoms with Crippen molar-refractivity contribution in [1.82, 2.24) is 0 Å². The fraction of sp³-hybridized carbons (Fsp3) is 0.235. The van der Waals surface area contributed by atoms with Crippen molar-refractivity contribution in [3.05, 3.63) is 63.7 Å². The van der Waals surface area contributed by atoms with Crippen molar-refractivity contribution in [1.29, 1.82) is 0 Å². The molecule has 0 heterocycles. The number of Topliss-reactive ketones (excluding diaryl/α,β-unsaturated/α-hetero) is 1. The van der Waals surface area contributed by atoms with Crippen LogP contribution in [0.4, 0.5) is 11.4 Å². The molecule has 0 aliphatic carbocycles. The number of aryl methyl sites for hydroxylation is 1. The van der Waals surface area contributed by atoms with Crippen LogP contribution in [-0.2, 0) is 10.0 Å². The maximum absolute atomic E-state index is 12.2. The molecule has 0 fully saturated rings. The van der Waals surface area contributed by atoms with Gasteiger partial charge in [-0.15, -0.1) is 0 Å². The number of hydrogen-bond acceptors (Lipinski definition) is 6. The fourth-order valence-electron chi connectivity index (χ4n) is 2.17. The summed E-state index contributed by atoms with van der Waals surface area (Å²) in [4.78, 5) is 22.7. The van der Waals surface area contributed by atoms with Crippen molar-refractivity contribution in [2.45, 2.75) is 6.92 Å². The van der Waals surface area contributed by atoms with Gasteiger partial charge in [-0.05, 0) is 42.8 Å². The Morgan fingerprint density at radius 1 is 1.19 bits per heavy atom. The molecule has 2 aromatic rings. The van der Waals surface area contributed by atoms with Crippen molar-refractivity contribution in [3.63, 3.8) is 0 Å². The van der Waals surface area contributed by atoms with Gasteiger partial charge in [0.25, 0.3) is 0 Å². The zero-order valence-corrected chi connectivity index (χ0v) is 15.3. The fourth-order valence-corrected chi connectivity index (χ4v) is 2.67. The van der Waals surface area contributed by atoms with E-state index in [2.05, 4.69) is 0 Å². The van der Waals surface area contributed by atoms with Crippen LogP contribution in [0, 0.1) is 17.0 Å². The molecule has 138 valence electrons. The molecule has 0 spiro atoms. The van der Waals surface area contributed by atoms with Gasteiger partial charge < -0.3 is 4.74 Å². The SMILES string of the molecule is Cc1ccc(OCC(=O)c2ccc(N(C)S(C)(=O)=O)cc2)c([N+](=O)[O-])c1. The molecular formula is C17H18N2O6S. The zero-order valence-electron chi connectivity index (χ0n) is 14.5. The summed E-state index contributed by atoms with van der Waals surface area (Å²) < 4.78 is 29.4. The standard InChI is InChI=1S/C17H18N2O6S/c1-12-4-9-17(15(10-12)19(21)22)25-11-16(20)13-5-7-14(8-6-13)18(2)26(3,23)24/h4-10H,11H2,1-3H3. The summed E-state index contributed by atoms with van der Waals surface area (Å²) in [6, 6.07) is 10.4. The van der Waals surface area contributed by atoms with E-state index in [0.29, 0.717) is 16.8 Å². The summed E-state index contributed by atoms with van der Waals surface area (Å²) in [5.74, 6) is -0.365. The van der Waals surface area contributed by atoms with E-state index < -0.39 is 14.9 Å². The van der Waals surface area contributed by atoms with Crippen molar-refractivity contribution < 1.29 is 22.9 Å². The van der Waals surface area contributed by atoms with Crippen LogP contribution in [0.1, 0.15) is 15.9 Å². The Labute approximate surface area is 151 Å². The first kappa shape index (κ1) is 19.4. The molecule has 0 unspecified atom stereocenters. The normalized spacial score (nSPS) is 11.0. The van der Waals surface area contributed by atoms with E-state index in [1.165, 1.54) is 43.4 Å². The van der Waals surface area contributed by atoms with E-state index >= 15 is 0 Å². The van der Waals surface area contributed by atoms with Crippen LogP contribution in [0.25, 0.3) is 0 Å². The van der Waals surface area contributed by atoms with Crippen LogP contribution in [0.2, 0.25) is 0 Å². The molecule has 26 heavy (non-hydrogen) atoms. The number of hydrogen-bond donors (Lipinski definition) is 0. The lowest BCUT2D eigenvalue weighted by molar-refractivity contribution is -0.385. The average Bonchev–Trinajstić information content (AvgIpc) is 2.59. The predicted molar refractivity (Wildman–Crippen MR) is 97.3 cm³/mol. The van der Waals surface area contributed by atoms with Gasteiger partial charge in [0.05, 0.1) is 16.9 Å². The van der Waals surface area contributed by atoms with Crippen molar-refractivity contribution in [2.75, 3.05) is 24.2 Å². The maximum Gasteiger partial charge on any atom is 0.311 e. The number of nitrogens with zero attached hydrogens (tertiary/aromatic N) is 2. The summed E-state index contributed by atoms with van der Waals surface area (Å²) in [5.41, 5.74) is 1.23. The van der Waals surface area contributed by atoms with Crippen LogP contribution in [0.3, 0.4) is 0 Å². The van der Waals surface area contributed by atoms with Crippen LogP contribution >= 0.6 is 0 Å². The molecule has 0 radical (unpaired) electrons. The molecule has 0 aliphatic heterocycles. The number of ether oxygens (including phenoxy) is 1. The van der Waals surface area contributed by atoms with Crippen LogP contribution in [0.15, 0.2) is 42.5 Å².